The fourth-order valence-corrected chi connectivity index (χ4v) is 3.83. The Morgan fingerprint density at radius 2 is 1.85 bits per heavy atom. The maximum absolute atomic E-state index is 9.62. The number of nitrogen functional groups attached to an aromatic ring is 1. The summed E-state index contributed by atoms with van der Waals surface area (Å²) in [6.07, 6.45) is 3.86. The molecule has 2 N–H and O–H groups in total. The Balaban J connectivity index is 1.90. The second-order valence-corrected chi connectivity index (χ2v) is 7.12. The van der Waals surface area contributed by atoms with Gasteiger partial charge >= 0.3 is 0 Å². The van der Waals surface area contributed by atoms with E-state index >= 15 is 0 Å². The Bertz CT molecular complexity index is 1050. The predicted octanol–water partition coefficient (Wildman–Crippen LogP) is 5.65. The Labute approximate surface area is 161 Å². The van der Waals surface area contributed by atoms with Gasteiger partial charge in [-0.15, -0.1) is 0 Å². The fraction of sp³-hybridized carbons (Fsp3) is 0.200. The topological polar surface area (TPSA) is 75.8 Å². The molecule has 2 aromatic heterocycles. The first-order chi connectivity index (χ1) is 12.6. The van der Waals surface area contributed by atoms with Crippen LogP contribution in [-0.4, -0.2) is 4.98 Å². The second-order valence-electron chi connectivity index (χ2n) is 6.28. The van der Waals surface area contributed by atoms with Crippen molar-refractivity contribution in [1.29, 1.82) is 5.26 Å². The normalized spacial score (nSPS) is 13.3. The number of hydrogen-bond donors (Lipinski definition) is 1. The molecule has 0 spiro atoms. The SMILES string of the molecule is N#Cc1c(N)nc2c(c1-c1ccc(-c3cc(Cl)ccc3Cl)o1)CCCC2. The third-order valence-corrected chi connectivity index (χ3v) is 5.22. The first kappa shape index (κ1) is 17.0. The van der Waals surface area contributed by atoms with Crippen molar-refractivity contribution in [3.63, 3.8) is 0 Å². The first-order valence-electron chi connectivity index (χ1n) is 8.35. The molecule has 4 nitrogen and oxygen atoms in total. The average Bonchev–Trinajstić information content (AvgIpc) is 3.12. The van der Waals surface area contributed by atoms with Crippen LogP contribution in [0.15, 0.2) is 34.7 Å². The molecule has 0 saturated carbocycles. The van der Waals surface area contributed by atoms with Crippen molar-refractivity contribution in [2.45, 2.75) is 25.7 Å². The first-order valence-corrected chi connectivity index (χ1v) is 9.11. The van der Waals surface area contributed by atoms with E-state index in [0.717, 1.165) is 42.5 Å². The van der Waals surface area contributed by atoms with Crippen LogP contribution in [0.2, 0.25) is 10.0 Å². The van der Waals surface area contributed by atoms with Gasteiger partial charge in [-0.2, -0.15) is 5.26 Å². The highest BCUT2D eigenvalue weighted by Gasteiger charge is 2.24. The van der Waals surface area contributed by atoms with Crippen LogP contribution in [0.5, 0.6) is 0 Å². The lowest BCUT2D eigenvalue weighted by Crippen LogP contribution is -2.11. The van der Waals surface area contributed by atoms with Gasteiger partial charge in [0.2, 0.25) is 0 Å². The lowest BCUT2D eigenvalue weighted by molar-refractivity contribution is 0.593. The van der Waals surface area contributed by atoms with Gasteiger partial charge in [0, 0.05) is 21.8 Å². The minimum Gasteiger partial charge on any atom is -0.456 e. The van der Waals surface area contributed by atoms with Crippen molar-refractivity contribution < 1.29 is 4.42 Å². The van der Waals surface area contributed by atoms with E-state index in [1.54, 1.807) is 18.2 Å². The van der Waals surface area contributed by atoms with E-state index < -0.39 is 0 Å². The van der Waals surface area contributed by atoms with Crippen LogP contribution in [0.3, 0.4) is 0 Å². The molecule has 26 heavy (non-hydrogen) atoms. The van der Waals surface area contributed by atoms with Crippen molar-refractivity contribution in [1.82, 2.24) is 4.98 Å². The van der Waals surface area contributed by atoms with Crippen molar-refractivity contribution >= 4 is 29.0 Å². The minimum absolute atomic E-state index is 0.252. The van der Waals surface area contributed by atoms with Gasteiger partial charge in [-0.05, 0) is 61.6 Å². The molecule has 0 saturated heterocycles. The molecule has 3 aromatic rings. The van der Waals surface area contributed by atoms with Gasteiger partial charge in [-0.1, -0.05) is 23.2 Å². The summed E-state index contributed by atoms with van der Waals surface area (Å²) in [6.45, 7) is 0. The molecule has 0 amide bonds. The van der Waals surface area contributed by atoms with E-state index in [0.29, 0.717) is 32.7 Å². The number of fused-ring (bicyclic) bond motifs is 1. The van der Waals surface area contributed by atoms with Gasteiger partial charge in [0.05, 0.1) is 5.02 Å². The van der Waals surface area contributed by atoms with Gasteiger partial charge in [0.15, 0.2) is 0 Å². The number of anilines is 1. The number of pyridine rings is 1. The summed E-state index contributed by atoms with van der Waals surface area (Å²) in [5.74, 6) is 1.44. The predicted molar refractivity (Wildman–Crippen MR) is 103 cm³/mol. The van der Waals surface area contributed by atoms with Crippen LogP contribution >= 0.6 is 23.2 Å². The van der Waals surface area contributed by atoms with E-state index in [1.165, 1.54) is 0 Å². The fourth-order valence-electron chi connectivity index (χ4n) is 3.45. The molecular formula is C20H15Cl2N3O. The van der Waals surface area contributed by atoms with Crippen LogP contribution in [0.25, 0.3) is 22.6 Å². The van der Waals surface area contributed by atoms with Gasteiger partial charge in [0.1, 0.15) is 29.0 Å². The number of furan rings is 1. The molecule has 130 valence electrons. The molecule has 1 aromatic carbocycles. The van der Waals surface area contributed by atoms with E-state index in [4.69, 9.17) is 33.4 Å². The summed E-state index contributed by atoms with van der Waals surface area (Å²) in [6, 6.07) is 11.1. The zero-order valence-electron chi connectivity index (χ0n) is 13.9. The number of hydrogen-bond acceptors (Lipinski definition) is 4. The van der Waals surface area contributed by atoms with Crippen molar-refractivity contribution in [3.8, 4) is 28.7 Å². The lowest BCUT2D eigenvalue weighted by atomic mass is 9.89. The van der Waals surface area contributed by atoms with Gasteiger partial charge in [-0.25, -0.2) is 4.98 Å². The number of nitrogens with two attached hydrogens (primary N) is 1. The third-order valence-electron chi connectivity index (χ3n) is 4.66. The van der Waals surface area contributed by atoms with Crippen molar-refractivity contribution in [2.75, 3.05) is 5.73 Å². The highest BCUT2D eigenvalue weighted by Crippen LogP contribution is 2.39. The average molecular weight is 384 g/mol. The Morgan fingerprint density at radius 3 is 2.65 bits per heavy atom. The molecule has 0 bridgehead atoms. The van der Waals surface area contributed by atoms with Crippen LogP contribution < -0.4 is 5.73 Å². The minimum atomic E-state index is 0.252. The lowest BCUT2D eigenvalue weighted by Gasteiger charge is -2.19. The third kappa shape index (κ3) is 2.84. The molecule has 1 aliphatic carbocycles. The highest BCUT2D eigenvalue weighted by atomic mass is 35.5. The molecule has 0 unspecified atom stereocenters. The molecule has 0 fully saturated rings. The highest BCUT2D eigenvalue weighted by molar-refractivity contribution is 6.35. The van der Waals surface area contributed by atoms with E-state index in [-0.39, 0.29) is 5.82 Å². The van der Waals surface area contributed by atoms with E-state index in [9.17, 15) is 5.26 Å². The summed E-state index contributed by atoms with van der Waals surface area (Å²) in [5, 5.41) is 10.7. The maximum atomic E-state index is 9.62. The van der Waals surface area contributed by atoms with Crippen LogP contribution in [0, 0.1) is 11.3 Å². The molecule has 2 heterocycles. The van der Waals surface area contributed by atoms with Gasteiger partial charge in [-0.3, -0.25) is 0 Å². The van der Waals surface area contributed by atoms with E-state index in [1.807, 2.05) is 12.1 Å². The number of benzene rings is 1. The number of aromatic nitrogens is 1. The molecule has 4 rings (SSSR count). The monoisotopic (exact) mass is 383 g/mol. The molecule has 0 radical (unpaired) electrons. The quantitative estimate of drug-likeness (QED) is 0.620. The summed E-state index contributed by atoms with van der Waals surface area (Å²) >= 11 is 12.4. The Hall–Kier alpha value is -2.48. The summed E-state index contributed by atoms with van der Waals surface area (Å²) in [7, 11) is 0. The van der Waals surface area contributed by atoms with Crippen molar-refractivity contribution in [2.24, 2.45) is 0 Å². The summed E-state index contributed by atoms with van der Waals surface area (Å²) in [4.78, 5) is 4.44. The number of aryl methyl sites for hydroxylation is 1. The van der Waals surface area contributed by atoms with Crippen LogP contribution in [0.1, 0.15) is 29.7 Å². The molecule has 6 heteroatoms. The zero-order valence-corrected chi connectivity index (χ0v) is 15.4. The number of rotatable bonds is 2. The van der Waals surface area contributed by atoms with E-state index in [2.05, 4.69) is 11.1 Å². The molecular weight excluding hydrogens is 369 g/mol. The zero-order chi connectivity index (χ0) is 18.3. The molecule has 1 aliphatic rings. The number of nitriles is 1. The second kappa shape index (κ2) is 6.68. The summed E-state index contributed by atoms with van der Waals surface area (Å²) in [5.41, 5.74) is 9.88. The Morgan fingerprint density at radius 1 is 1.08 bits per heavy atom. The molecule has 0 atom stereocenters. The van der Waals surface area contributed by atoms with Crippen molar-refractivity contribution in [3.05, 3.63) is 57.2 Å². The Kier molecular flexibility index (Phi) is 4.36. The molecule has 0 aliphatic heterocycles. The van der Waals surface area contributed by atoms with Crippen LogP contribution in [0.4, 0.5) is 5.82 Å². The van der Waals surface area contributed by atoms with Gasteiger partial charge in [0.25, 0.3) is 0 Å². The standard InChI is InChI=1S/C20H15Cl2N3O/c21-11-5-6-15(22)13(9-11)17-7-8-18(26-17)19-12-3-1-2-4-16(12)25-20(24)14(19)10-23/h5-9H,1-4H2,(H2,24,25). The van der Waals surface area contributed by atoms with Gasteiger partial charge < -0.3 is 10.2 Å². The van der Waals surface area contributed by atoms with Crippen LogP contribution in [-0.2, 0) is 12.8 Å². The maximum Gasteiger partial charge on any atom is 0.142 e. The largest absolute Gasteiger partial charge is 0.456 e. The number of nitrogens with zero attached hydrogens (tertiary/aromatic N) is 2. The smallest absolute Gasteiger partial charge is 0.142 e. The number of halogens is 2. The summed E-state index contributed by atoms with van der Waals surface area (Å²) < 4.78 is 6.08.